The van der Waals surface area contributed by atoms with Crippen LogP contribution in [-0.2, 0) is 4.74 Å². The van der Waals surface area contributed by atoms with Gasteiger partial charge in [-0.25, -0.2) is 4.79 Å². The van der Waals surface area contributed by atoms with Crippen LogP contribution in [0.25, 0.3) is 0 Å². The summed E-state index contributed by atoms with van der Waals surface area (Å²) in [5.41, 5.74) is 1.50. The van der Waals surface area contributed by atoms with E-state index in [1.165, 1.54) is 0 Å². The van der Waals surface area contributed by atoms with Gasteiger partial charge in [-0.15, -0.1) is 0 Å². The molecule has 0 saturated heterocycles. The average molecular weight is 414 g/mol. The van der Waals surface area contributed by atoms with Gasteiger partial charge in [0.25, 0.3) is 5.91 Å². The Hall–Kier alpha value is -3.13. The molecule has 0 aliphatic carbocycles. The van der Waals surface area contributed by atoms with E-state index in [-0.39, 0.29) is 17.0 Å². The van der Waals surface area contributed by atoms with Crippen molar-refractivity contribution < 1.29 is 23.8 Å². The van der Waals surface area contributed by atoms with Crippen LogP contribution in [0.4, 0.5) is 5.69 Å². The summed E-state index contributed by atoms with van der Waals surface area (Å²) in [6, 6.07) is 11.6. The van der Waals surface area contributed by atoms with E-state index in [0.717, 1.165) is 12.8 Å². The number of hydrogen-bond acceptors (Lipinski definition) is 6. The van der Waals surface area contributed by atoms with E-state index in [9.17, 15) is 9.59 Å². The van der Waals surface area contributed by atoms with Crippen molar-refractivity contribution in [2.75, 3.05) is 25.1 Å². The molecular formula is C21H22N2O5S. The number of esters is 1. The molecule has 0 radical (unpaired) electrons. The first-order valence-corrected chi connectivity index (χ1v) is 9.77. The Morgan fingerprint density at radius 1 is 1.03 bits per heavy atom. The Bertz CT molecular complexity index is 898. The molecule has 2 aromatic carbocycles. The Kier molecular flexibility index (Phi) is 7.02. The zero-order valence-corrected chi connectivity index (χ0v) is 16.8. The second-order valence-corrected chi connectivity index (χ2v) is 6.74. The van der Waals surface area contributed by atoms with Gasteiger partial charge >= 0.3 is 5.97 Å². The zero-order chi connectivity index (χ0) is 20.6. The van der Waals surface area contributed by atoms with E-state index in [1.807, 2.05) is 6.92 Å². The van der Waals surface area contributed by atoms with Crippen molar-refractivity contribution in [1.82, 2.24) is 5.32 Å². The quantitative estimate of drug-likeness (QED) is 0.425. The third-order valence-electron chi connectivity index (χ3n) is 4.14. The monoisotopic (exact) mass is 414 g/mol. The molecule has 1 aliphatic rings. The van der Waals surface area contributed by atoms with Crippen LogP contribution in [0, 0.1) is 0 Å². The van der Waals surface area contributed by atoms with Crippen molar-refractivity contribution >= 4 is 34.9 Å². The number of rotatable bonds is 6. The van der Waals surface area contributed by atoms with Crippen LogP contribution in [0.5, 0.6) is 11.5 Å². The maximum atomic E-state index is 12.4. The molecule has 1 amide bonds. The SMILES string of the molecule is CCCCOC(=O)c1ccc(NC(=S)NC(=O)c2ccc3c(c2)OCCO3)cc1. The van der Waals surface area contributed by atoms with Crippen molar-refractivity contribution in [2.45, 2.75) is 19.8 Å². The number of thiocarbonyl (C=S) groups is 1. The van der Waals surface area contributed by atoms with Crippen LogP contribution in [-0.4, -0.2) is 36.8 Å². The second-order valence-electron chi connectivity index (χ2n) is 6.33. The minimum absolute atomic E-state index is 0.142. The number of carbonyl (C=O) groups is 2. The molecule has 0 aromatic heterocycles. The molecule has 152 valence electrons. The summed E-state index contributed by atoms with van der Waals surface area (Å²) in [4.78, 5) is 24.3. The molecule has 0 spiro atoms. The maximum absolute atomic E-state index is 12.4. The Labute approximate surface area is 174 Å². The van der Waals surface area contributed by atoms with Gasteiger partial charge in [0.05, 0.1) is 12.2 Å². The summed E-state index contributed by atoms with van der Waals surface area (Å²) in [6.45, 7) is 3.37. The van der Waals surface area contributed by atoms with E-state index >= 15 is 0 Å². The number of amides is 1. The summed E-state index contributed by atoms with van der Waals surface area (Å²) >= 11 is 5.20. The molecule has 1 heterocycles. The van der Waals surface area contributed by atoms with Crippen LogP contribution in [0.15, 0.2) is 42.5 Å². The largest absolute Gasteiger partial charge is 0.486 e. The van der Waals surface area contributed by atoms with Crippen molar-refractivity contribution in [3.63, 3.8) is 0 Å². The van der Waals surface area contributed by atoms with Gasteiger partial charge in [0, 0.05) is 11.3 Å². The van der Waals surface area contributed by atoms with Gasteiger partial charge in [0.2, 0.25) is 0 Å². The molecule has 7 nitrogen and oxygen atoms in total. The normalized spacial score (nSPS) is 12.0. The molecule has 0 atom stereocenters. The first-order chi connectivity index (χ1) is 14.1. The van der Waals surface area contributed by atoms with Gasteiger partial charge in [-0.3, -0.25) is 10.1 Å². The van der Waals surface area contributed by atoms with E-state index in [1.54, 1.807) is 42.5 Å². The fourth-order valence-electron chi connectivity index (χ4n) is 2.60. The fraction of sp³-hybridized carbons (Fsp3) is 0.286. The van der Waals surface area contributed by atoms with Crippen LogP contribution in [0.2, 0.25) is 0 Å². The molecule has 29 heavy (non-hydrogen) atoms. The summed E-state index contributed by atoms with van der Waals surface area (Å²) in [5.74, 6) is 0.418. The lowest BCUT2D eigenvalue weighted by Crippen LogP contribution is -2.34. The molecule has 2 N–H and O–H groups in total. The Morgan fingerprint density at radius 3 is 2.45 bits per heavy atom. The standard InChI is InChI=1S/C21H22N2O5S/c1-2-3-10-28-20(25)14-4-7-16(8-5-14)22-21(29)23-19(24)15-6-9-17-18(13-15)27-12-11-26-17/h4-9,13H,2-3,10-12H2,1H3,(H2,22,23,24,29). The number of hydrogen-bond donors (Lipinski definition) is 2. The molecule has 2 aromatic rings. The lowest BCUT2D eigenvalue weighted by molar-refractivity contribution is 0.0499. The number of fused-ring (bicyclic) bond motifs is 1. The van der Waals surface area contributed by atoms with E-state index in [2.05, 4.69) is 10.6 Å². The lowest BCUT2D eigenvalue weighted by Gasteiger charge is -2.18. The first kappa shape index (κ1) is 20.6. The summed E-state index contributed by atoms with van der Waals surface area (Å²) in [7, 11) is 0. The Morgan fingerprint density at radius 2 is 1.72 bits per heavy atom. The third kappa shape index (κ3) is 5.68. The van der Waals surface area contributed by atoms with E-state index < -0.39 is 0 Å². The highest BCUT2D eigenvalue weighted by Gasteiger charge is 2.16. The minimum atomic E-state index is -0.365. The summed E-state index contributed by atoms with van der Waals surface area (Å²) in [5, 5.41) is 5.67. The minimum Gasteiger partial charge on any atom is -0.486 e. The number of carbonyl (C=O) groups excluding carboxylic acids is 2. The Balaban J connectivity index is 1.53. The van der Waals surface area contributed by atoms with Gasteiger partial charge < -0.3 is 19.5 Å². The van der Waals surface area contributed by atoms with Gasteiger partial charge in [-0.1, -0.05) is 13.3 Å². The van der Waals surface area contributed by atoms with Crippen molar-refractivity contribution in [2.24, 2.45) is 0 Å². The van der Waals surface area contributed by atoms with Gasteiger partial charge in [-0.05, 0) is 61.1 Å². The smallest absolute Gasteiger partial charge is 0.338 e. The molecular weight excluding hydrogens is 392 g/mol. The summed E-state index contributed by atoms with van der Waals surface area (Å²) in [6.07, 6.45) is 1.80. The van der Waals surface area contributed by atoms with Gasteiger partial charge in [-0.2, -0.15) is 0 Å². The zero-order valence-electron chi connectivity index (χ0n) is 16.0. The van der Waals surface area contributed by atoms with Crippen LogP contribution in [0.1, 0.15) is 40.5 Å². The predicted molar refractivity (Wildman–Crippen MR) is 113 cm³/mol. The number of unbranched alkanes of at least 4 members (excludes halogenated alkanes) is 1. The van der Waals surface area contributed by atoms with Crippen LogP contribution in [0.3, 0.4) is 0 Å². The number of benzene rings is 2. The maximum Gasteiger partial charge on any atom is 0.338 e. The number of anilines is 1. The predicted octanol–water partition coefficient (Wildman–Crippen LogP) is 3.54. The van der Waals surface area contributed by atoms with Crippen molar-refractivity contribution in [1.29, 1.82) is 0 Å². The van der Waals surface area contributed by atoms with Crippen molar-refractivity contribution in [3.8, 4) is 11.5 Å². The number of nitrogens with one attached hydrogen (secondary N) is 2. The van der Waals surface area contributed by atoms with Gasteiger partial charge in [0.1, 0.15) is 13.2 Å². The van der Waals surface area contributed by atoms with Gasteiger partial charge in [0.15, 0.2) is 16.6 Å². The first-order valence-electron chi connectivity index (χ1n) is 9.36. The van der Waals surface area contributed by atoms with E-state index in [0.29, 0.717) is 48.1 Å². The molecule has 0 saturated carbocycles. The van der Waals surface area contributed by atoms with Crippen LogP contribution < -0.4 is 20.1 Å². The number of ether oxygens (including phenoxy) is 3. The molecule has 0 unspecified atom stereocenters. The fourth-order valence-corrected chi connectivity index (χ4v) is 2.81. The highest BCUT2D eigenvalue weighted by molar-refractivity contribution is 7.80. The molecule has 0 fully saturated rings. The lowest BCUT2D eigenvalue weighted by atomic mass is 10.2. The van der Waals surface area contributed by atoms with Crippen molar-refractivity contribution in [3.05, 3.63) is 53.6 Å². The molecule has 0 bridgehead atoms. The third-order valence-corrected chi connectivity index (χ3v) is 4.35. The van der Waals surface area contributed by atoms with E-state index in [4.69, 9.17) is 26.4 Å². The molecule has 1 aliphatic heterocycles. The molecule has 8 heteroatoms. The highest BCUT2D eigenvalue weighted by atomic mass is 32.1. The average Bonchev–Trinajstić information content (AvgIpc) is 2.74. The second kappa shape index (κ2) is 9.88. The van der Waals surface area contributed by atoms with Crippen LogP contribution >= 0.6 is 12.2 Å². The molecule has 3 rings (SSSR count). The summed E-state index contributed by atoms with van der Waals surface area (Å²) < 4.78 is 16.1. The highest BCUT2D eigenvalue weighted by Crippen LogP contribution is 2.30. The topological polar surface area (TPSA) is 85.9 Å².